The van der Waals surface area contributed by atoms with Gasteiger partial charge >= 0.3 is 0 Å². The number of hydrogen-bond acceptors (Lipinski definition) is 0. The minimum Gasteiger partial charge on any atom is -1.00 e. The molecule has 0 saturated heterocycles. The fraction of sp³-hybridized carbons (Fsp3) is 1.00. The molecule has 0 fully saturated rings. The van der Waals surface area contributed by atoms with Crippen molar-refractivity contribution in [1.82, 2.24) is 0 Å². The van der Waals surface area contributed by atoms with Gasteiger partial charge in [-0.1, -0.05) is 72.1 Å². The Bertz CT molecular complexity index is 194. The van der Waals surface area contributed by atoms with E-state index in [0.29, 0.717) is 0 Å². The van der Waals surface area contributed by atoms with Crippen LogP contribution >= 0.6 is 0 Å². The molecule has 0 aromatic heterocycles. The molecule has 0 aliphatic carbocycles. The highest BCUT2D eigenvalue weighted by molar-refractivity contribution is 4.48. The minimum absolute atomic E-state index is 0. The zero-order valence-electron chi connectivity index (χ0n) is 16.1. The van der Waals surface area contributed by atoms with E-state index in [2.05, 4.69) is 27.7 Å². The van der Waals surface area contributed by atoms with Crippen LogP contribution in [0.3, 0.4) is 0 Å². The Labute approximate surface area is 152 Å². The third-order valence-electron chi connectivity index (χ3n) is 4.70. The Kier molecular flexibility index (Phi) is 21.9. The molecular weight excluding hydrogens is 334 g/mol. The molecule has 0 aromatic carbocycles. The Morgan fingerprint density at radius 3 is 1.55 bits per heavy atom. The van der Waals surface area contributed by atoms with Gasteiger partial charge < -0.3 is 21.9 Å². The van der Waals surface area contributed by atoms with Crippen LogP contribution in [0.2, 0.25) is 0 Å². The second-order valence-corrected chi connectivity index (χ2v) is 7.32. The largest absolute Gasteiger partial charge is 1.00 e. The van der Waals surface area contributed by atoms with E-state index in [1.165, 1.54) is 96.7 Å². The average Bonchev–Trinajstić information content (AvgIpc) is 2.47. The molecule has 1 atom stereocenters. The fourth-order valence-corrected chi connectivity index (χ4v) is 3.09. The van der Waals surface area contributed by atoms with E-state index in [1.54, 1.807) is 0 Å². The first-order valence-electron chi connectivity index (χ1n) is 10.0. The number of halogens is 1. The van der Waals surface area contributed by atoms with Gasteiger partial charge in [-0.3, -0.25) is 0 Å². The molecule has 0 aliphatic rings. The third-order valence-corrected chi connectivity index (χ3v) is 4.70. The van der Waals surface area contributed by atoms with Gasteiger partial charge in [-0.05, 0) is 38.5 Å². The van der Waals surface area contributed by atoms with Crippen LogP contribution in [-0.4, -0.2) is 19.6 Å². The van der Waals surface area contributed by atoms with E-state index in [-0.39, 0.29) is 17.0 Å². The monoisotopic (exact) mass is 377 g/mol. The molecular formula is C20H44BrN. The predicted molar refractivity (Wildman–Crippen MR) is 97.2 cm³/mol. The van der Waals surface area contributed by atoms with Gasteiger partial charge in [-0.25, -0.2) is 0 Å². The fourth-order valence-electron chi connectivity index (χ4n) is 3.09. The van der Waals surface area contributed by atoms with Gasteiger partial charge in [0.05, 0.1) is 19.6 Å². The SMILES string of the molecule is CCCCCCCC[NH+](CC)CCCCCCCC(C)C.[Br-]. The van der Waals surface area contributed by atoms with Crippen LogP contribution in [-0.2, 0) is 0 Å². The van der Waals surface area contributed by atoms with Crippen LogP contribution in [0, 0.1) is 5.92 Å². The lowest BCUT2D eigenvalue weighted by Crippen LogP contribution is -3.11. The standard InChI is InChI=1S/C20H43N.BrH/c1-5-7-8-9-12-15-18-21(6-2)19-16-13-10-11-14-17-20(3)4;/h20H,5-19H2,1-4H3;1H. The molecule has 0 bridgehead atoms. The highest BCUT2D eigenvalue weighted by atomic mass is 79.9. The van der Waals surface area contributed by atoms with E-state index in [0.717, 1.165) is 5.92 Å². The molecule has 22 heavy (non-hydrogen) atoms. The summed E-state index contributed by atoms with van der Waals surface area (Å²) in [7, 11) is 0. The van der Waals surface area contributed by atoms with Crippen LogP contribution in [0.1, 0.15) is 105 Å². The van der Waals surface area contributed by atoms with Crippen molar-refractivity contribution in [3.63, 3.8) is 0 Å². The maximum Gasteiger partial charge on any atom is 0.0770 e. The van der Waals surface area contributed by atoms with Gasteiger partial charge in [0.25, 0.3) is 0 Å². The van der Waals surface area contributed by atoms with Crippen LogP contribution < -0.4 is 21.9 Å². The summed E-state index contributed by atoms with van der Waals surface area (Å²) in [6, 6.07) is 0. The van der Waals surface area contributed by atoms with E-state index in [9.17, 15) is 0 Å². The second kappa shape index (κ2) is 19.5. The van der Waals surface area contributed by atoms with Gasteiger partial charge in [-0.2, -0.15) is 0 Å². The summed E-state index contributed by atoms with van der Waals surface area (Å²) in [5.74, 6) is 0.891. The summed E-state index contributed by atoms with van der Waals surface area (Å²) in [6.45, 7) is 13.5. The van der Waals surface area contributed by atoms with Crippen molar-refractivity contribution in [3.05, 3.63) is 0 Å². The summed E-state index contributed by atoms with van der Waals surface area (Å²) in [4.78, 5) is 1.84. The van der Waals surface area contributed by atoms with Gasteiger partial charge in [-0.15, -0.1) is 0 Å². The van der Waals surface area contributed by atoms with Gasteiger partial charge in [0.1, 0.15) is 0 Å². The zero-order chi connectivity index (χ0) is 15.8. The Morgan fingerprint density at radius 1 is 0.636 bits per heavy atom. The van der Waals surface area contributed by atoms with Crippen LogP contribution in [0.25, 0.3) is 0 Å². The van der Waals surface area contributed by atoms with Crippen LogP contribution in [0.5, 0.6) is 0 Å². The Morgan fingerprint density at radius 2 is 1.09 bits per heavy atom. The zero-order valence-corrected chi connectivity index (χ0v) is 17.6. The molecule has 0 heterocycles. The highest BCUT2D eigenvalue weighted by Gasteiger charge is 2.05. The Hall–Kier alpha value is 0.440. The van der Waals surface area contributed by atoms with Crippen molar-refractivity contribution in [3.8, 4) is 0 Å². The first-order chi connectivity index (χ1) is 10.2. The lowest BCUT2D eigenvalue weighted by molar-refractivity contribution is -0.898. The van der Waals surface area contributed by atoms with Gasteiger partial charge in [0.2, 0.25) is 0 Å². The number of unbranched alkanes of at least 4 members (excludes halogenated alkanes) is 9. The van der Waals surface area contributed by atoms with E-state index < -0.39 is 0 Å². The lowest BCUT2D eigenvalue weighted by atomic mass is 10.0. The van der Waals surface area contributed by atoms with Crippen molar-refractivity contribution in [2.75, 3.05) is 19.6 Å². The summed E-state index contributed by atoms with van der Waals surface area (Å²) in [5.41, 5.74) is 0. The molecule has 1 N–H and O–H groups in total. The van der Waals surface area contributed by atoms with Crippen molar-refractivity contribution < 1.29 is 21.9 Å². The number of nitrogens with one attached hydrogen (secondary N) is 1. The highest BCUT2D eigenvalue weighted by Crippen LogP contribution is 2.10. The van der Waals surface area contributed by atoms with E-state index in [1.807, 2.05) is 4.90 Å². The predicted octanol–water partition coefficient (Wildman–Crippen LogP) is 2.25. The quantitative estimate of drug-likeness (QED) is 0.393. The normalized spacial score (nSPS) is 12.4. The van der Waals surface area contributed by atoms with E-state index >= 15 is 0 Å². The molecule has 1 unspecified atom stereocenters. The summed E-state index contributed by atoms with van der Waals surface area (Å²) in [6.07, 6.45) is 17.3. The van der Waals surface area contributed by atoms with E-state index in [4.69, 9.17) is 0 Å². The van der Waals surface area contributed by atoms with Gasteiger partial charge in [0.15, 0.2) is 0 Å². The topological polar surface area (TPSA) is 4.44 Å². The molecule has 2 heteroatoms. The number of hydrogen-bond donors (Lipinski definition) is 1. The van der Waals surface area contributed by atoms with Gasteiger partial charge in [0, 0.05) is 0 Å². The molecule has 0 rings (SSSR count). The van der Waals surface area contributed by atoms with Crippen LogP contribution in [0.15, 0.2) is 0 Å². The van der Waals surface area contributed by atoms with Crippen molar-refractivity contribution >= 4 is 0 Å². The first-order valence-corrected chi connectivity index (χ1v) is 10.0. The minimum atomic E-state index is 0. The molecule has 0 spiro atoms. The Balaban J connectivity index is 0. The summed E-state index contributed by atoms with van der Waals surface area (Å²) >= 11 is 0. The summed E-state index contributed by atoms with van der Waals surface area (Å²) < 4.78 is 0. The molecule has 0 saturated carbocycles. The molecule has 0 aromatic rings. The lowest BCUT2D eigenvalue weighted by Gasteiger charge is -2.17. The van der Waals surface area contributed by atoms with Crippen LogP contribution in [0.4, 0.5) is 0 Å². The maximum absolute atomic E-state index is 2.36. The molecule has 0 aliphatic heterocycles. The molecule has 0 radical (unpaired) electrons. The van der Waals surface area contributed by atoms with Crippen molar-refractivity contribution in [2.45, 2.75) is 105 Å². The number of rotatable bonds is 16. The average molecular weight is 378 g/mol. The first kappa shape index (κ1) is 24.7. The number of quaternary nitrogens is 1. The van der Waals surface area contributed by atoms with Crippen molar-refractivity contribution in [2.24, 2.45) is 5.92 Å². The summed E-state index contributed by atoms with van der Waals surface area (Å²) in [5, 5.41) is 0. The molecule has 1 nitrogen and oxygen atoms in total. The third kappa shape index (κ3) is 18.5. The van der Waals surface area contributed by atoms with Crippen molar-refractivity contribution in [1.29, 1.82) is 0 Å². The maximum atomic E-state index is 2.36. The molecule has 136 valence electrons. The second-order valence-electron chi connectivity index (χ2n) is 7.32. The smallest absolute Gasteiger partial charge is 0.0770 e. The molecule has 0 amide bonds.